The lowest BCUT2D eigenvalue weighted by Gasteiger charge is -2.36. The Morgan fingerprint density at radius 2 is 1.94 bits per heavy atom. The average Bonchev–Trinajstić information content (AvgIpc) is 3.40. The van der Waals surface area contributed by atoms with Gasteiger partial charge < -0.3 is 15.7 Å². The normalized spacial score (nSPS) is 19.4. The van der Waals surface area contributed by atoms with E-state index in [1.54, 1.807) is 4.68 Å². The van der Waals surface area contributed by atoms with Crippen molar-refractivity contribution in [2.45, 2.75) is 45.6 Å². The van der Waals surface area contributed by atoms with Gasteiger partial charge in [0.25, 0.3) is 0 Å². The van der Waals surface area contributed by atoms with Crippen LogP contribution in [0.2, 0.25) is 0 Å². The fourth-order valence-corrected chi connectivity index (χ4v) is 4.73. The molecule has 1 saturated heterocycles. The van der Waals surface area contributed by atoms with Crippen LogP contribution in [0.25, 0.3) is 16.6 Å². The minimum absolute atomic E-state index is 0.00386. The van der Waals surface area contributed by atoms with Gasteiger partial charge >= 0.3 is 0 Å². The number of hydrogen-bond acceptors (Lipinski definition) is 7. The van der Waals surface area contributed by atoms with E-state index in [9.17, 15) is 13.9 Å². The first-order valence-corrected chi connectivity index (χ1v) is 11.3. The van der Waals surface area contributed by atoms with Crippen LogP contribution in [0.1, 0.15) is 44.6 Å². The number of nitrogens with two attached hydrogens (primary N) is 1. The number of aliphatic hydroxyl groups is 1. The van der Waals surface area contributed by atoms with Crippen LogP contribution in [0, 0.1) is 24.5 Å². The average molecular weight is 471 g/mol. The molecule has 5 rings (SSSR count). The Kier molecular flexibility index (Phi) is 5.19. The molecule has 0 amide bonds. The summed E-state index contributed by atoms with van der Waals surface area (Å²) in [5.74, 6) is -0.617. The molecule has 0 bridgehead atoms. The second kappa shape index (κ2) is 7.86. The Bertz CT molecular complexity index is 1400. The summed E-state index contributed by atoms with van der Waals surface area (Å²) < 4.78 is 31.4. The number of rotatable bonds is 4. The lowest BCUT2D eigenvalue weighted by molar-refractivity contribution is 0.152. The number of fused-ring (bicyclic) bond motifs is 3. The Morgan fingerprint density at radius 1 is 1.18 bits per heavy atom. The molecular formula is C23H28F2N8O. The van der Waals surface area contributed by atoms with Crippen molar-refractivity contribution in [1.82, 2.24) is 29.4 Å². The number of nitrogens with zero attached hydrogens (tertiary/aromatic N) is 7. The van der Waals surface area contributed by atoms with Gasteiger partial charge in [-0.1, -0.05) is 6.92 Å². The van der Waals surface area contributed by atoms with Crippen molar-refractivity contribution >= 4 is 28.2 Å². The number of hydrogen-bond donors (Lipinski definition) is 2. The summed E-state index contributed by atoms with van der Waals surface area (Å²) in [6.45, 7) is 9.46. The monoisotopic (exact) mass is 470 g/mol. The number of aromatic nitrogens is 6. The summed E-state index contributed by atoms with van der Waals surface area (Å²) in [5, 5.41) is 19.2. The number of benzene rings is 1. The van der Waals surface area contributed by atoms with Crippen LogP contribution in [0.15, 0.2) is 18.3 Å². The molecule has 0 saturated carbocycles. The fraction of sp³-hybridized carbons (Fsp3) is 0.478. The maximum atomic E-state index is 14.3. The quantitative estimate of drug-likeness (QED) is 0.472. The van der Waals surface area contributed by atoms with Crippen LogP contribution < -0.4 is 10.6 Å². The van der Waals surface area contributed by atoms with Gasteiger partial charge in [-0.15, -0.1) is 5.10 Å². The van der Waals surface area contributed by atoms with Gasteiger partial charge in [0, 0.05) is 31.3 Å². The van der Waals surface area contributed by atoms with Crippen molar-refractivity contribution < 1.29 is 13.9 Å². The van der Waals surface area contributed by atoms with Gasteiger partial charge in [-0.3, -0.25) is 4.68 Å². The van der Waals surface area contributed by atoms with Gasteiger partial charge in [0.05, 0.1) is 28.9 Å². The lowest BCUT2D eigenvalue weighted by Crippen LogP contribution is -2.39. The Hall–Kier alpha value is -3.34. The predicted molar refractivity (Wildman–Crippen MR) is 125 cm³/mol. The fourth-order valence-electron chi connectivity index (χ4n) is 4.73. The first-order valence-electron chi connectivity index (χ1n) is 11.3. The molecule has 11 heteroatoms. The minimum Gasteiger partial charge on any atom is -0.394 e. The van der Waals surface area contributed by atoms with Crippen molar-refractivity contribution in [2.24, 2.45) is 5.92 Å². The molecule has 3 aromatic heterocycles. The number of piperidine rings is 1. The van der Waals surface area contributed by atoms with Crippen LogP contribution in [0.5, 0.6) is 0 Å². The van der Waals surface area contributed by atoms with Crippen molar-refractivity contribution in [3.8, 4) is 0 Å². The van der Waals surface area contributed by atoms with Crippen LogP contribution in [-0.2, 0) is 5.54 Å². The van der Waals surface area contributed by atoms with Crippen molar-refractivity contribution in [3.63, 3.8) is 0 Å². The highest BCUT2D eigenvalue weighted by molar-refractivity contribution is 5.92. The van der Waals surface area contributed by atoms with Gasteiger partial charge in [-0.25, -0.2) is 18.7 Å². The van der Waals surface area contributed by atoms with Gasteiger partial charge in [-0.2, -0.15) is 9.61 Å². The van der Waals surface area contributed by atoms with E-state index in [-0.39, 0.29) is 35.0 Å². The summed E-state index contributed by atoms with van der Waals surface area (Å²) >= 11 is 0. The molecule has 2 atom stereocenters. The third-order valence-electron chi connectivity index (χ3n) is 6.58. The van der Waals surface area contributed by atoms with E-state index in [1.165, 1.54) is 10.6 Å². The largest absolute Gasteiger partial charge is 0.394 e. The van der Waals surface area contributed by atoms with Crippen molar-refractivity contribution in [2.75, 3.05) is 30.3 Å². The highest BCUT2D eigenvalue weighted by atomic mass is 19.1. The summed E-state index contributed by atoms with van der Waals surface area (Å²) in [7, 11) is 0. The summed E-state index contributed by atoms with van der Waals surface area (Å²) in [6, 6.07) is 1.99. The second-order valence-electron chi connectivity index (χ2n) is 9.92. The Morgan fingerprint density at radius 3 is 2.68 bits per heavy atom. The molecule has 0 aliphatic carbocycles. The van der Waals surface area contributed by atoms with E-state index in [2.05, 4.69) is 32.0 Å². The number of aliphatic hydroxyl groups excluding tert-OH is 1. The molecule has 180 valence electrons. The first kappa shape index (κ1) is 22.5. The highest BCUT2D eigenvalue weighted by Gasteiger charge is 2.32. The van der Waals surface area contributed by atoms with E-state index < -0.39 is 17.2 Å². The van der Waals surface area contributed by atoms with Crippen LogP contribution in [-0.4, -0.2) is 54.2 Å². The zero-order chi connectivity index (χ0) is 24.4. The van der Waals surface area contributed by atoms with Gasteiger partial charge in [-0.05, 0) is 39.2 Å². The first-order chi connectivity index (χ1) is 16.1. The molecule has 1 fully saturated rings. The molecule has 0 spiro atoms. The molecule has 3 N–H and O–H groups in total. The molecule has 4 heterocycles. The predicted octanol–water partition coefficient (Wildman–Crippen LogP) is 3.00. The van der Waals surface area contributed by atoms with Gasteiger partial charge in [0.1, 0.15) is 11.3 Å². The molecular weight excluding hydrogens is 442 g/mol. The van der Waals surface area contributed by atoms with Gasteiger partial charge in [0.2, 0.25) is 5.95 Å². The SMILES string of the molecule is Cc1nn(C(C)(C)CO)cc1N1CC(C)CC(c2nc3c4cc(F)cc(F)c4nc(N)n3n2)C1. The summed E-state index contributed by atoms with van der Waals surface area (Å²) in [4.78, 5) is 11.0. The molecule has 4 aromatic rings. The lowest BCUT2D eigenvalue weighted by atomic mass is 9.89. The smallest absolute Gasteiger partial charge is 0.223 e. The van der Waals surface area contributed by atoms with Gasteiger partial charge in [0.15, 0.2) is 17.3 Å². The molecule has 1 aliphatic heterocycles. The molecule has 34 heavy (non-hydrogen) atoms. The zero-order valence-corrected chi connectivity index (χ0v) is 19.6. The van der Waals surface area contributed by atoms with Crippen LogP contribution in [0.4, 0.5) is 20.4 Å². The van der Waals surface area contributed by atoms with E-state index in [1.807, 2.05) is 27.0 Å². The Labute approximate surface area is 195 Å². The molecule has 2 unspecified atom stereocenters. The standard InChI is InChI=1S/C23H28F2N8O/c1-12-5-14(9-31(8-12)18-10-32(29-13(18)2)23(3,4)11-34)20-28-21-16-6-15(24)7-17(25)19(16)27-22(26)33(21)30-20/h6-7,10,12,14,34H,5,8-9,11H2,1-4H3,(H2,26,27). The van der Waals surface area contributed by atoms with Crippen LogP contribution >= 0.6 is 0 Å². The third-order valence-corrected chi connectivity index (χ3v) is 6.58. The highest BCUT2D eigenvalue weighted by Crippen LogP contribution is 2.34. The third kappa shape index (κ3) is 3.64. The zero-order valence-electron chi connectivity index (χ0n) is 19.6. The maximum Gasteiger partial charge on any atom is 0.223 e. The van der Waals surface area contributed by atoms with Crippen LogP contribution in [0.3, 0.4) is 0 Å². The van der Waals surface area contributed by atoms with E-state index in [4.69, 9.17) is 5.73 Å². The number of halogens is 2. The number of aryl methyl sites for hydroxylation is 1. The molecule has 1 aromatic carbocycles. The number of nitrogen functional groups attached to an aromatic ring is 1. The number of anilines is 2. The maximum absolute atomic E-state index is 14.3. The Balaban J connectivity index is 1.54. The summed E-state index contributed by atoms with van der Waals surface area (Å²) in [5.41, 5.74) is 7.66. The second-order valence-corrected chi connectivity index (χ2v) is 9.92. The molecule has 9 nitrogen and oxygen atoms in total. The summed E-state index contributed by atoms with van der Waals surface area (Å²) in [6.07, 6.45) is 2.83. The van der Waals surface area contributed by atoms with Crippen molar-refractivity contribution in [1.29, 1.82) is 0 Å². The minimum atomic E-state index is -0.787. The van der Waals surface area contributed by atoms with E-state index in [0.29, 0.717) is 18.3 Å². The van der Waals surface area contributed by atoms with E-state index in [0.717, 1.165) is 30.4 Å². The van der Waals surface area contributed by atoms with E-state index >= 15 is 0 Å². The topological polar surface area (TPSA) is 110 Å². The molecule has 1 aliphatic rings. The molecule has 0 radical (unpaired) electrons. The van der Waals surface area contributed by atoms with Crippen molar-refractivity contribution in [3.05, 3.63) is 41.5 Å².